The van der Waals surface area contributed by atoms with Crippen LogP contribution in [0.3, 0.4) is 0 Å². The van der Waals surface area contributed by atoms with Crippen LogP contribution >= 0.6 is 0 Å². The molecule has 22 heavy (non-hydrogen) atoms. The van der Waals surface area contributed by atoms with Crippen molar-refractivity contribution >= 4 is 11.6 Å². The van der Waals surface area contributed by atoms with E-state index in [1.807, 2.05) is 22.9 Å². The van der Waals surface area contributed by atoms with Gasteiger partial charge in [-0.05, 0) is 18.9 Å². The van der Waals surface area contributed by atoms with Crippen molar-refractivity contribution in [2.45, 2.75) is 31.8 Å². The molecule has 4 heterocycles. The van der Waals surface area contributed by atoms with Crippen LogP contribution in [-0.4, -0.2) is 30.1 Å². The summed E-state index contributed by atoms with van der Waals surface area (Å²) in [5.74, 6) is 1.01. The number of carbonyl (C=O) groups is 1. The van der Waals surface area contributed by atoms with Crippen molar-refractivity contribution in [3.05, 3.63) is 48.4 Å². The Morgan fingerprint density at radius 2 is 2.23 bits per heavy atom. The first-order valence-corrected chi connectivity index (χ1v) is 7.40. The highest BCUT2D eigenvalue weighted by molar-refractivity contribution is 5.80. The third-order valence-corrected chi connectivity index (χ3v) is 4.08. The zero-order valence-corrected chi connectivity index (χ0v) is 12.0. The second kappa shape index (κ2) is 5.25. The zero-order valence-electron chi connectivity index (χ0n) is 12.0. The average molecular weight is 296 g/mol. The third kappa shape index (κ3) is 2.14. The van der Waals surface area contributed by atoms with Gasteiger partial charge in [-0.1, -0.05) is 0 Å². The fourth-order valence-electron chi connectivity index (χ4n) is 2.99. The van der Waals surface area contributed by atoms with E-state index in [4.69, 9.17) is 0 Å². The van der Waals surface area contributed by atoms with Gasteiger partial charge in [0.1, 0.15) is 11.9 Å². The quantitative estimate of drug-likeness (QED) is 0.785. The minimum Gasteiger partial charge on any atom is -0.349 e. The summed E-state index contributed by atoms with van der Waals surface area (Å²) >= 11 is 0. The van der Waals surface area contributed by atoms with Gasteiger partial charge in [-0.3, -0.25) is 4.79 Å². The van der Waals surface area contributed by atoms with E-state index in [1.54, 1.807) is 23.1 Å². The Bertz CT molecular complexity index is 820. The number of aryl methyl sites for hydroxylation is 1. The van der Waals surface area contributed by atoms with Crippen LogP contribution < -0.4 is 5.32 Å². The van der Waals surface area contributed by atoms with Crippen LogP contribution in [0.15, 0.2) is 36.9 Å². The molecule has 0 saturated carbocycles. The molecule has 0 aliphatic carbocycles. The summed E-state index contributed by atoms with van der Waals surface area (Å²) in [5, 5.41) is 7.23. The summed E-state index contributed by atoms with van der Waals surface area (Å²) in [4.78, 5) is 21.0. The Hall–Kier alpha value is -2.70. The van der Waals surface area contributed by atoms with Gasteiger partial charge in [0.25, 0.3) is 0 Å². The van der Waals surface area contributed by atoms with Gasteiger partial charge in [-0.15, -0.1) is 0 Å². The maximum absolute atomic E-state index is 12.5. The Morgan fingerprint density at radius 3 is 3.18 bits per heavy atom. The summed E-state index contributed by atoms with van der Waals surface area (Å²) in [6, 6.07) is 3.54. The van der Waals surface area contributed by atoms with E-state index < -0.39 is 0 Å². The first-order chi connectivity index (χ1) is 10.8. The molecule has 0 radical (unpaired) electrons. The van der Waals surface area contributed by atoms with Gasteiger partial charge in [-0.2, -0.15) is 5.10 Å². The normalized spacial score (nSPS) is 17.4. The predicted octanol–water partition coefficient (Wildman–Crippen LogP) is 1.12. The Labute approximate surface area is 127 Å². The molecule has 1 unspecified atom stereocenters. The van der Waals surface area contributed by atoms with Crippen molar-refractivity contribution in [3.8, 4) is 0 Å². The standard InChI is InChI=1S/C15H16N6O/c22-15(12-2-1-3-13-17-8-9-20(12)13)18-10-11-4-6-16-14-5-7-19-21(11)14/h4-9,12H,1-3,10H2,(H,18,22). The maximum Gasteiger partial charge on any atom is 0.243 e. The van der Waals surface area contributed by atoms with Gasteiger partial charge in [0, 0.05) is 31.1 Å². The molecular weight excluding hydrogens is 280 g/mol. The lowest BCUT2D eigenvalue weighted by molar-refractivity contribution is -0.125. The second-order valence-corrected chi connectivity index (χ2v) is 5.41. The van der Waals surface area contributed by atoms with Gasteiger partial charge in [0.2, 0.25) is 5.91 Å². The third-order valence-electron chi connectivity index (χ3n) is 4.08. The number of fused-ring (bicyclic) bond motifs is 2. The van der Waals surface area contributed by atoms with Crippen LogP contribution in [0.5, 0.6) is 0 Å². The second-order valence-electron chi connectivity index (χ2n) is 5.41. The Morgan fingerprint density at radius 1 is 1.27 bits per heavy atom. The Kier molecular flexibility index (Phi) is 3.10. The van der Waals surface area contributed by atoms with E-state index in [9.17, 15) is 4.79 Å². The number of hydrogen-bond donors (Lipinski definition) is 1. The number of imidazole rings is 1. The molecule has 0 aromatic carbocycles. The highest BCUT2D eigenvalue weighted by atomic mass is 16.2. The molecule has 0 bridgehead atoms. The lowest BCUT2D eigenvalue weighted by Gasteiger charge is -2.24. The van der Waals surface area contributed by atoms with Crippen molar-refractivity contribution in [1.29, 1.82) is 0 Å². The molecule has 1 N–H and O–H groups in total. The maximum atomic E-state index is 12.5. The van der Waals surface area contributed by atoms with Gasteiger partial charge in [-0.25, -0.2) is 14.5 Å². The number of aromatic nitrogens is 5. The fraction of sp³-hybridized carbons (Fsp3) is 0.333. The van der Waals surface area contributed by atoms with Crippen LogP contribution in [-0.2, 0) is 17.8 Å². The first-order valence-electron chi connectivity index (χ1n) is 7.40. The van der Waals surface area contributed by atoms with Gasteiger partial charge in [0.05, 0.1) is 18.4 Å². The number of nitrogens with zero attached hydrogens (tertiary/aromatic N) is 5. The highest BCUT2D eigenvalue weighted by Crippen LogP contribution is 2.23. The molecule has 0 fully saturated rings. The lowest BCUT2D eigenvalue weighted by atomic mass is 10.0. The summed E-state index contributed by atoms with van der Waals surface area (Å²) < 4.78 is 3.72. The van der Waals surface area contributed by atoms with Crippen molar-refractivity contribution in [3.63, 3.8) is 0 Å². The van der Waals surface area contributed by atoms with E-state index >= 15 is 0 Å². The Balaban J connectivity index is 1.51. The molecule has 3 aromatic heterocycles. The molecule has 112 valence electrons. The van der Waals surface area contributed by atoms with E-state index in [-0.39, 0.29) is 11.9 Å². The van der Waals surface area contributed by atoms with E-state index in [0.29, 0.717) is 6.54 Å². The van der Waals surface area contributed by atoms with Crippen molar-refractivity contribution < 1.29 is 4.79 Å². The van der Waals surface area contributed by atoms with Crippen LogP contribution in [0.25, 0.3) is 5.65 Å². The number of nitrogens with one attached hydrogen (secondary N) is 1. The lowest BCUT2D eigenvalue weighted by Crippen LogP contribution is -2.35. The molecule has 1 aliphatic heterocycles. The number of amides is 1. The summed E-state index contributed by atoms with van der Waals surface area (Å²) in [6.07, 6.45) is 9.86. The predicted molar refractivity (Wildman–Crippen MR) is 79.0 cm³/mol. The van der Waals surface area contributed by atoms with Gasteiger partial charge in [0.15, 0.2) is 5.65 Å². The minimum absolute atomic E-state index is 0.0241. The van der Waals surface area contributed by atoms with Crippen molar-refractivity contribution in [1.82, 2.24) is 29.5 Å². The number of rotatable bonds is 3. The fourth-order valence-corrected chi connectivity index (χ4v) is 2.99. The average Bonchev–Trinajstić information content (AvgIpc) is 3.20. The largest absolute Gasteiger partial charge is 0.349 e. The molecule has 1 aliphatic rings. The first kappa shape index (κ1) is 13.0. The SMILES string of the molecule is O=C(NCc1ccnc2ccnn12)C1CCCc2nccn21. The molecule has 1 amide bonds. The van der Waals surface area contributed by atoms with Crippen LogP contribution in [0.4, 0.5) is 0 Å². The molecular formula is C15H16N6O. The topological polar surface area (TPSA) is 77.1 Å². The van der Waals surface area contributed by atoms with E-state index in [0.717, 1.165) is 36.4 Å². The van der Waals surface area contributed by atoms with E-state index in [2.05, 4.69) is 20.4 Å². The van der Waals surface area contributed by atoms with E-state index in [1.165, 1.54) is 0 Å². The molecule has 7 nitrogen and oxygen atoms in total. The number of carbonyl (C=O) groups excluding carboxylic acids is 1. The molecule has 4 rings (SSSR count). The van der Waals surface area contributed by atoms with Gasteiger partial charge >= 0.3 is 0 Å². The molecule has 1 atom stereocenters. The molecule has 7 heteroatoms. The van der Waals surface area contributed by atoms with Crippen LogP contribution in [0.2, 0.25) is 0 Å². The van der Waals surface area contributed by atoms with Crippen molar-refractivity contribution in [2.24, 2.45) is 0 Å². The van der Waals surface area contributed by atoms with Crippen LogP contribution in [0, 0.1) is 0 Å². The number of hydrogen-bond acceptors (Lipinski definition) is 4. The monoisotopic (exact) mass is 296 g/mol. The molecule has 0 spiro atoms. The highest BCUT2D eigenvalue weighted by Gasteiger charge is 2.25. The molecule has 3 aromatic rings. The summed E-state index contributed by atoms with van der Waals surface area (Å²) in [5.41, 5.74) is 1.69. The minimum atomic E-state index is -0.166. The van der Waals surface area contributed by atoms with Gasteiger partial charge < -0.3 is 9.88 Å². The smallest absolute Gasteiger partial charge is 0.243 e. The summed E-state index contributed by atoms with van der Waals surface area (Å²) in [6.45, 7) is 0.431. The summed E-state index contributed by atoms with van der Waals surface area (Å²) in [7, 11) is 0. The molecule has 0 saturated heterocycles. The van der Waals surface area contributed by atoms with Crippen LogP contribution in [0.1, 0.15) is 30.4 Å². The zero-order chi connectivity index (χ0) is 14.9. The van der Waals surface area contributed by atoms with Crippen molar-refractivity contribution in [2.75, 3.05) is 0 Å².